The number of aromatic nitrogens is 2. The van der Waals surface area contributed by atoms with Crippen LogP contribution in [0.25, 0.3) is 11.4 Å². The number of halogens is 4. The standard InChI is InChI=1S/C18H19F4N3O2/c19-13-6-4-11(5-7-13)17-24-16(27-25-17)9-8-15(26)23-14-3-1-2-12(10-14)18(20,21)22/h4-7,12,14H,1-3,8-10H2,(H,23,26)/t12-,14-/m1/s1. The molecule has 2 atom stereocenters. The van der Waals surface area contributed by atoms with Gasteiger partial charge in [-0.25, -0.2) is 4.39 Å². The number of rotatable bonds is 5. The van der Waals surface area contributed by atoms with E-state index in [4.69, 9.17) is 4.52 Å². The largest absolute Gasteiger partial charge is 0.391 e. The lowest BCUT2D eigenvalue weighted by atomic mass is 9.85. The lowest BCUT2D eigenvalue weighted by Gasteiger charge is -2.31. The highest BCUT2D eigenvalue weighted by atomic mass is 19.4. The van der Waals surface area contributed by atoms with Crippen molar-refractivity contribution in [3.63, 3.8) is 0 Å². The second-order valence-electron chi connectivity index (χ2n) is 6.69. The Labute approximate surface area is 153 Å². The van der Waals surface area contributed by atoms with Gasteiger partial charge >= 0.3 is 6.18 Å². The maximum Gasteiger partial charge on any atom is 0.391 e. The van der Waals surface area contributed by atoms with Crippen LogP contribution in [0.1, 0.15) is 38.0 Å². The van der Waals surface area contributed by atoms with E-state index >= 15 is 0 Å². The zero-order chi connectivity index (χ0) is 19.4. The smallest absolute Gasteiger partial charge is 0.353 e. The van der Waals surface area contributed by atoms with Crippen LogP contribution in [0.15, 0.2) is 28.8 Å². The monoisotopic (exact) mass is 385 g/mol. The average Bonchev–Trinajstić information content (AvgIpc) is 3.09. The van der Waals surface area contributed by atoms with E-state index in [1.54, 1.807) is 0 Å². The van der Waals surface area contributed by atoms with Crippen molar-refractivity contribution in [2.24, 2.45) is 5.92 Å². The zero-order valence-electron chi connectivity index (χ0n) is 14.4. The fraction of sp³-hybridized carbons (Fsp3) is 0.500. The van der Waals surface area contributed by atoms with Gasteiger partial charge in [-0.1, -0.05) is 11.6 Å². The summed E-state index contributed by atoms with van der Waals surface area (Å²) in [6, 6.07) is 5.11. The van der Waals surface area contributed by atoms with Gasteiger partial charge in [0.1, 0.15) is 5.82 Å². The van der Waals surface area contributed by atoms with Crippen molar-refractivity contribution in [1.29, 1.82) is 0 Å². The Hall–Kier alpha value is -2.45. The molecule has 1 heterocycles. The number of nitrogens with one attached hydrogen (secondary N) is 1. The summed E-state index contributed by atoms with van der Waals surface area (Å²) in [6.45, 7) is 0. The summed E-state index contributed by atoms with van der Waals surface area (Å²) in [6.07, 6.45) is -2.97. The number of amides is 1. The normalized spacial score (nSPS) is 20.4. The number of hydrogen-bond donors (Lipinski definition) is 1. The van der Waals surface area contributed by atoms with Crippen molar-refractivity contribution in [2.45, 2.75) is 50.7 Å². The van der Waals surface area contributed by atoms with Crippen molar-refractivity contribution in [2.75, 3.05) is 0 Å². The lowest BCUT2D eigenvalue weighted by molar-refractivity contribution is -0.184. The highest BCUT2D eigenvalue weighted by Gasteiger charge is 2.42. The van der Waals surface area contributed by atoms with Gasteiger partial charge in [0.2, 0.25) is 17.6 Å². The van der Waals surface area contributed by atoms with E-state index < -0.39 is 18.1 Å². The molecule has 1 fully saturated rings. The van der Waals surface area contributed by atoms with Gasteiger partial charge < -0.3 is 9.84 Å². The molecule has 1 aromatic carbocycles. The molecule has 0 aliphatic heterocycles. The molecule has 0 saturated heterocycles. The van der Waals surface area contributed by atoms with Crippen molar-refractivity contribution in [1.82, 2.24) is 15.5 Å². The maximum atomic E-state index is 12.9. The molecule has 1 saturated carbocycles. The van der Waals surface area contributed by atoms with Crippen molar-refractivity contribution in [3.05, 3.63) is 36.0 Å². The molecule has 146 valence electrons. The molecule has 5 nitrogen and oxygen atoms in total. The Morgan fingerprint density at radius 1 is 1.22 bits per heavy atom. The highest BCUT2D eigenvalue weighted by molar-refractivity contribution is 5.76. The lowest BCUT2D eigenvalue weighted by Crippen LogP contribution is -2.41. The van der Waals surface area contributed by atoms with Crippen LogP contribution < -0.4 is 5.32 Å². The van der Waals surface area contributed by atoms with E-state index in [-0.39, 0.29) is 49.1 Å². The molecule has 1 aromatic heterocycles. The molecule has 1 aliphatic rings. The highest BCUT2D eigenvalue weighted by Crippen LogP contribution is 2.37. The number of carbonyl (C=O) groups excluding carboxylic acids is 1. The number of benzene rings is 1. The van der Waals surface area contributed by atoms with Crippen molar-refractivity contribution in [3.8, 4) is 11.4 Å². The van der Waals surface area contributed by atoms with E-state index in [2.05, 4.69) is 15.5 Å². The minimum atomic E-state index is -4.22. The van der Waals surface area contributed by atoms with E-state index in [1.807, 2.05) is 0 Å². The quantitative estimate of drug-likeness (QED) is 0.789. The molecule has 2 aromatic rings. The first-order chi connectivity index (χ1) is 12.8. The van der Waals surface area contributed by atoms with Gasteiger partial charge in [0.15, 0.2) is 0 Å². The predicted molar refractivity (Wildman–Crippen MR) is 88.0 cm³/mol. The molecule has 27 heavy (non-hydrogen) atoms. The van der Waals surface area contributed by atoms with Crippen LogP contribution in [0.5, 0.6) is 0 Å². The molecule has 1 amide bonds. The van der Waals surface area contributed by atoms with Gasteiger partial charge in [-0.3, -0.25) is 4.79 Å². The van der Waals surface area contributed by atoms with Crippen LogP contribution in [-0.2, 0) is 11.2 Å². The number of nitrogens with zero attached hydrogens (tertiary/aromatic N) is 2. The van der Waals surface area contributed by atoms with Crippen LogP contribution in [0.3, 0.4) is 0 Å². The van der Waals surface area contributed by atoms with E-state index in [9.17, 15) is 22.4 Å². The molecule has 9 heteroatoms. The third-order valence-corrected chi connectivity index (χ3v) is 4.64. The molecule has 0 spiro atoms. The number of hydrogen-bond acceptors (Lipinski definition) is 4. The summed E-state index contributed by atoms with van der Waals surface area (Å²) in [5, 5.41) is 6.45. The molecule has 0 unspecified atom stereocenters. The summed E-state index contributed by atoms with van der Waals surface area (Å²) >= 11 is 0. The van der Waals surface area contributed by atoms with Gasteiger partial charge in [-0.15, -0.1) is 0 Å². The van der Waals surface area contributed by atoms with Crippen molar-refractivity contribution < 1.29 is 26.9 Å². The summed E-state index contributed by atoms with van der Waals surface area (Å²) in [4.78, 5) is 16.2. The number of carbonyl (C=O) groups is 1. The molecule has 0 bridgehead atoms. The first kappa shape index (κ1) is 19.3. The van der Waals surface area contributed by atoms with Gasteiger partial charge in [0.25, 0.3) is 0 Å². The van der Waals surface area contributed by atoms with Gasteiger partial charge in [0, 0.05) is 24.4 Å². The minimum Gasteiger partial charge on any atom is -0.353 e. The van der Waals surface area contributed by atoms with Crippen LogP contribution in [0, 0.1) is 11.7 Å². The SMILES string of the molecule is O=C(CCc1nc(-c2ccc(F)cc2)no1)N[C@@H]1CCC[C@@H](C(F)(F)F)C1. The van der Waals surface area contributed by atoms with Gasteiger partial charge in [-0.2, -0.15) is 18.2 Å². The second-order valence-corrected chi connectivity index (χ2v) is 6.69. The van der Waals surface area contributed by atoms with Crippen LogP contribution in [0.4, 0.5) is 17.6 Å². The predicted octanol–water partition coefficient (Wildman–Crippen LogP) is 4.05. The molecular weight excluding hydrogens is 366 g/mol. The van der Waals surface area contributed by atoms with E-state index in [0.717, 1.165) is 0 Å². The fourth-order valence-electron chi connectivity index (χ4n) is 3.21. The Balaban J connectivity index is 1.49. The molecule has 3 rings (SSSR count). The van der Waals surface area contributed by atoms with E-state index in [0.29, 0.717) is 18.4 Å². The van der Waals surface area contributed by atoms with Gasteiger partial charge in [0.05, 0.1) is 5.92 Å². The summed E-state index contributed by atoms with van der Waals surface area (Å²) in [7, 11) is 0. The number of alkyl halides is 3. The average molecular weight is 385 g/mol. The molecule has 1 aliphatic carbocycles. The molecular formula is C18H19F4N3O2. The van der Waals surface area contributed by atoms with Crippen molar-refractivity contribution >= 4 is 5.91 Å². The van der Waals surface area contributed by atoms with Gasteiger partial charge in [-0.05, 0) is 43.5 Å². The first-order valence-electron chi connectivity index (χ1n) is 8.76. The fourth-order valence-corrected chi connectivity index (χ4v) is 3.21. The maximum absolute atomic E-state index is 12.9. The third kappa shape index (κ3) is 5.27. The zero-order valence-corrected chi connectivity index (χ0v) is 14.4. The first-order valence-corrected chi connectivity index (χ1v) is 8.76. The van der Waals surface area contributed by atoms with Crippen LogP contribution in [-0.4, -0.2) is 28.3 Å². The summed E-state index contributed by atoms with van der Waals surface area (Å²) in [5.41, 5.74) is 0.580. The van der Waals surface area contributed by atoms with Crippen LogP contribution >= 0.6 is 0 Å². The Morgan fingerprint density at radius 2 is 1.96 bits per heavy atom. The molecule has 1 N–H and O–H groups in total. The summed E-state index contributed by atoms with van der Waals surface area (Å²) < 4.78 is 56.5. The van der Waals surface area contributed by atoms with E-state index in [1.165, 1.54) is 24.3 Å². The molecule has 0 radical (unpaired) electrons. The summed E-state index contributed by atoms with van der Waals surface area (Å²) in [5.74, 6) is -1.56. The second kappa shape index (κ2) is 8.06. The Bertz CT molecular complexity index is 774. The van der Waals surface area contributed by atoms with Crippen LogP contribution in [0.2, 0.25) is 0 Å². The number of aryl methyl sites for hydroxylation is 1. The minimum absolute atomic E-state index is 0.0399. The third-order valence-electron chi connectivity index (χ3n) is 4.64. The Kier molecular flexibility index (Phi) is 5.76. The topological polar surface area (TPSA) is 68.0 Å². The Morgan fingerprint density at radius 3 is 2.67 bits per heavy atom.